The predicted octanol–water partition coefficient (Wildman–Crippen LogP) is 2.23. The van der Waals surface area contributed by atoms with Gasteiger partial charge in [-0.3, -0.25) is 4.79 Å². The van der Waals surface area contributed by atoms with Gasteiger partial charge in [-0.25, -0.2) is 0 Å². The van der Waals surface area contributed by atoms with E-state index in [9.17, 15) is 4.79 Å². The Hall–Kier alpha value is -1.56. The zero-order chi connectivity index (χ0) is 12.3. The summed E-state index contributed by atoms with van der Waals surface area (Å²) >= 11 is 0. The Bertz CT molecular complexity index is 472. The van der Waals surface area contributed by atoms with Gasteiger partial charge >= 0.3 is 0 Å². The monoisotopic (exact) mass is 218 g/mol. The van der Waals surface area contributed by atoms with Crippen molar-refractivity contribution >= 4 is 0 Å². The normalized spacial score (nSPS) is 11.2. The van der Waals surface area contributed by atoms with E-state index >= 15 is 0 Å². The summed E-state index contributed by atoms with van der Waals surface area (Å²) in [5.41, 5.74) is 1.51. The molecule has 0 aliphatic rings. The van der Waals surface area contributed by atoms with Gasteiger partial charge in [-0.05, 0) is 13.0 Å². The summed E-state index contributed by atoms with van der Waals surface area (Å²) in [6.07, 6.45) is 0.184. The number of nitrogens with zero attached hydrogens (tertiary/aromatic N) is 2. The standard InChI is InChI=1S/C13H18N2O/c1-5-15-11(13(2,3)4)7-6-10(8-9-14)12(15)16/h6-7H,5,8H2,1-4H3. The molecule has 0 aliphatic heterocycles. The van der Waals surface area contributed by atoms with Crippen molar-refractivity contribution in [3.8, 4) is 6.07 Å². The van der Waals surface area contributed by atoms with Crippen molar-refractivity contribution in [3.63, 3.8) is 0 Å². The molecule has 0 aliphatic carbocycles. The summed E-state index contributed by atoms with van der Waals surface area (Å²) in [5, 5.41) is 8.64. The zero-order valence-electron chi connectivity index (χ0n) is 10.4. The molecule has 0 atom stereocenters. The van der Waals surface area contributed by atoms with Gasteiger partial charge in [-0.15, -0.1) is 0 Å². The number of aromatic nitrogens is 1. The van der Waals surface area contributed by atoms with Crippen molar-refractivity contribution in [2.45, 2.75) is 46.1 Å². The highest BCUT2D eigenvalue weighted by Crippen LogP contribution is 2.21. The maximum atomic E-state index is 12.1. The smallest absolute Gasteiger partial charge is 0.255 e. The first-order chi connectivity index (χ1) is 7.41. The maximum Gasteiger partial charge on any atom is 0.255 e. The number of nitriles is 1. The van der Waals surface area contributed by atoms with E-state index in [2.05, 4.69) is 20.8 Å². The van der Waals surface area contributed by atoms with Crippen LogP contribution in [0.1, 0.15) is 39.0 Å². The van der Waals surface area contributed by atoms with Gasteiger partial charge in [0.1, 0.15) is 0 Å². The first-order valence-corrected chi connectivity index (χ1v) is 5.52. The van der Waals surface area contributed by atoms with Crippen LogP contribution in [-0.4, -0.2) is 4.57 Å². The highest BCUT2D eigenvalue weighted by Gasteiger charge is 2.19. The molecule has 0 N–H and O–H groups in total. The second-order valence-electron chi connectivity index (χ2n) is 4.88. The lowest BCUT2D eigenvalue weighted by Crippen LogP contribution is -2.31. The molecule has 3 nitrogen and oxygen atoms in total. The Kier molecular flexibility index (Phi) is 3.54. The van der Waals surface area contributed by atoms with Crippen LogP contribution in [0.25, 0.3) is 0 Å². The highest BCUT2D eigenvalue weighted by atomic mass is 16.1. The van der Waals surface area contributed by atoms with Crippen LogP contribution in [0.15, 0.2) is 16.9 Å². The van der Waals surface area contributed by atoms with Gasteiger partial charge in [0, 0.05) is 23.2 Å². The summed E-state index contributed by atoms with van der Waals surface area (Å²) in [7, 11) is 0. The van der Waals surface area contributed by atoms with Crippen LogP contribution in [0.3, 0.4) is 0 Å². The molecule has 1 aromatic heterocycles. The highest BCUT2D eigenvalue weighted by molar-refractivity contribution is 5.23. The van der Waals surface area contributed by atoms with Gasteiger partial charge in [0.05, 0.1) is 12.5 Å². The van der Waals surface area contributed by atoms with Gasteiger partial charge in [0.25, 0.3) is 5.56 Å². The maximum absolute atomic E-state index is 12.1. The van der Waals surface area contributed by atoms with Crippen molar-refractivity contribution in [2.24, 2.45) is 0 Å². The Labute approximate surface area is 96.3 Å². The van der Waals surface area contributed by atoms with E-state index in [-0.39, 0.29) is 17.4 Å². The average Bonchev–Trinajstić information content (AvgIpc) is 2.19. The average molecular weight is 218 g/mol. The molecular formula is C13H18N2O. The van der Waals surface area contributed by atoms with E-state index in [1.165, 1.54) is 0 Å². The van der Waals surface area contributed by atoms with Gasteiger partial charge in [-0.2, -0.15) is 5.26 Å². The minimum Gasteiger partial charge on any atom is -0.312 e. The van der Waals surface area contributed by atoms with E-state index in [4.69, 9.17) is 5.26 Å². The SMILES string of the molecule is CCn1c(C(C)(C)C)ccc(CC#N)c1=O. The van der Waals surface area contributed by atoms with Crippen molar-refractivity contribution in [1.82, 2.24) is 4.57 Å². The third kappa shape index (κ3) is 2.33. The van der Waals surface area contributed by atoms with E-state index < -0.39 is 0 Å². The quantitative estimate of drug-likeness (QED) is 0.764. The lowest BCUT2D eigenvalue weighted by molar-refractivity contribution is 0.509. The molecule has 0 unspecified atom stereocenters. The molecule has 0 aromatic carbocycles. The minimum atomic E-state index is -0.0552. The van der Waals surface area contributed by atoms with Crippen LogP contribution in [0.2, 0.25) is 0 Å². The Morgan fingerprint density at radius 1 is 1.38 bits per heavy atom. The largest absolute Gasteiger partial charge is 0.312 e. The number of rotatable bonds is 2. The fourth-order valence-corrected chi connectivity index (χ4v) is 1.81. The predicted molar refractivity (Wildman–Crippen MR) is 64.4 cm³/mol. The van der Waals surface area contributed by atoms with E-state index in [0.29, 0.717) is 12.1 Å². The van der Waals surface area contributed by atoms with Crippen LogP contribution in [-0.2, 0) is 18.4 Å². The van der Waals surface area contributed by atoms with Crippen LogP contribution in [0.5, 0.6) is 0 Å². The second kappa shape index (κ2) is 4.52. The summed E-state index contributed by atoms with van der Waals surface area (Å²) < 4.78 is 1.76. The van der Waals surface area contributed by atoms with Gasteiger partial charge in [0.2, 0.25) is 0 Å². The summed E-state index contributed by atoms with van der Waals surface area (Å²) in [4.78, 5) is 12.1. The van der Waals surface area contributed by atoms with Crippen molar-refractivity contribution in [3.05, 3.63) is 33.7 Å². The van der Waals surface area contributed by atoms with Crippen LogP contribution in [0, 0.1) is 11.3 Å². The molecular weight excluding hydrogens is 200 g/mol. The molecule has 1 heterocycles. The van der Waals surface area contributed by atoms with E-state index in [0.717, 1.165) is 5.69 Å². The summed E-state index contributed by atoms with van der Waals surface area (Å²) in [6, 6.07) is 5.75. The molecule has 0 amide bonds. The van der Waals surface area contributed by atoms with Crippen molar-refractivity contribution < 1.29 is 0 Å². The first-order valence-electron chi connectivity index (χ1n) is 5.52. The molecule has 0 radical (unpaired) electrons. The molecule has 0 fully saturated rings. The zero-order valence-corrected chi connectivity index (χ0v) is 10.4. The van der Waals surface area contributed by atoms with E-state index in [1.807, 2.05) is 19.1 Å². The van der Waals surface area contributed by atoms with Crippen molar-refractivity contribution in [1.29, 1.82) is 5.26 Å². The molecule has 3 heteroatoms. The Morgan fingerprint density at radius 3 is 2.44 bits per heavy atom. The van der Waals surface area contributed by atoms with Crippen LogP contribution < -0.4 is 5.56 Å². The molecule has 0 saturated heterocycles. The van der Waals surface area contributed by atoms with Gasteiger partial charge in [-0.1, -0.05) is 26.8 Å². The van der Waals surface area contributed by atoms with E-state index in [1.54, 1.807) is 10.6 Å². The number of hydrogen-bond donors (Lipinski definition) is 0. The molecule has 16 heavy (non-hydrogen) atoms. The fraction of sp³-hybridized carbons (Fsp3) is 0.538. The molecule has 0 saturated carbocycles. The topological polar surface area (TPSA) is 45.8 Å². The van der Waals surface area contributed by atoms with Gasteiger partial charge in [0.15, 0.2) is 0 Å². The van der Waals surface area contributed by atoms with Crippen molar-refractivity contribution in [2.75, 3.05) is 0 Å². The lowest BCUT2D eigenvalue weighted by atomic mass is 9.90. The molecule has 0 spiro atoms. The Balaban J connectivity index is 3.43. The molecule has 1 rings (SSSR count). The number of pyridine rings is 1. The molecule has 86 valence electrons. The van der Waals surface area contributed by atoms with Gasteiger partial charge < -0.3 is 4.57 Å². The minimum absolute atomic E-state index is 0.0310. The van der Waals surface area contributed by atoms with Crippen LogP contribution in [0.4, 0.5) is 0 Å². The third-order valence-electron chi connectivity index (χ3n) is 2.61. The summed E-state index contributed by atoms with van der Waals surface area (Å²) in [5.74, 6) is 0. The third-order valence-corrected chi connectivity index (χ3v) is 2.61. The lowest BCUT2D eigenvalue weighted by Gasteiger charge is -2.24. The Morgan fingerprint density at radius 2 is 2.00 bits per heavy atom. The molecule has 0 bridgehead atoms. The summed E-state index contributed by atoms with van der Waals surface area (Å²) in [6.45, 7) is 8.84. The fourth-order valence-electron chi connectivity index (χ4n) is 1.81. The number of hydrogen-bond acceptors (Lipinski definition) is 2. The first kappa shape index (κ1) is 12.5. The van der Waals surface area contributed by atoms with Crippen LogP contribution >= 0.6 is 0 Å². The second-order valence-corrected chi connectivity index (χ2v) is 4.88. The molecule has 1 aromatic rings.